The number of aromatic amines is 1. The molecule has 1 radical (unpaired) electrons. The molecule has 1 aliphatic rings. The first-order valence-electron chi connectivity index (χ1n) is 3.90. The minimum absolute atomic E-state index is 0.312. The number of aromatic nitrogens is 1. The maximum Gasteiger partial charge on any atom is 0.227 e. The summed E-state index contributed by atoms with van der Waals surface area (Å²) in [6.45, 7) is 0. The molecule has 0 aliphatic carbocycles. The second kappa shape index (κ2) is 3.71. The lowest BCUT2D eigenvalue weighted by atomic mass is 10.4. The smallest absolute Gasteiger partial charge is 0.227 e. The van der Waals surface area contributed by atoms with E-state index in [-0.39, 0.29) is 6.23 Å². The van der Waals surface area contributed by atoms with E-state index in [1.54, 1.807) is 24.6 Å². The zero-order valence-corrected chi connectivity index (χ0v) is 6.84. The van der Waals surface area contributed by atoms with E-state index in [4.69, 9.17) is 4.74 Å². The summed E-state index contributed by atoms with van der Waals surface area (Å²) in [5, 5.41) is 7.86. The molecule has 1 unspecified atom stereocenters. The van der Waals surface area contributed by atoms with Crippen molar-refractivity contribution in [3.8, 4) is 0 Å². The lowest BCUT2D eigenvalue weighted by Gasteiger charge is -2.07. The largest absolute Gasteiger partial charge is 0.471 e. The lowest BCUT2D eigenvalue weighted by Crippen LogP contribution is -2.02. The zero-order valence-electron chi connectivity index (χ0n) is 6.84. The Labute approximate surface area is 75.6 Å². The highest BCUT2D eigenvalue weighted by molar-refractivity contribution is 5.30. The third-order valence-corrected chi connectivity index (χ3v) is 1.49. The zero-order chi connectivity index (χ0) is 8.93. The molecule has 0 bridgehead atoms. The normalized spacial score (nSPS) is 20.8. The first kappa shape index (κ1) is 7.79. The molecule has 4 heteroatoms. The van der Waals surface area contributed by atoms with Crippen molar-refractivity contribution in [2.75, 3.05) is 0 Å². The number of hydrogen-bond donors (Lipinski definition) is 1. The van der Waals surface area contributed by atoms with E-state index in [1.807, 2.05) is 12.2 Å². The molecule has 0 aromatic carbocycles. The van der Waals surface area contributed by atoms with Crippen LogP contribution in [0.1, 0.15) is 0 Å². The van der Waals surface area contributed by atoms with Crippen LogP contribution < -0.4 is 0 Å². The molecule has 4 nitrogen and oxygen atoms in total. The van der Waals surface area contributed by atoms with Crippen LogP contribution in [-0.4, -0.2) is 11.2 Å². The number of allylic oxidation sites excluding steroid dienone is 2. The quantitative estimate of drug-likeness (QED) is 0.687. The maximum atomic E-state index is 5.12. The van der Waals surface area contributed by atoms with Gasteiger partial charge in [0.1, 0.15) is 5.69 Å². The molecular weight excluding hydrogens is 166 g/mol. The fourth-order valence-electron chi connectivity index (χ4n) is 0.897. The van der Waals surface area contributed by atoms with Crippen molar-refractivity contribution < 1.29 is 4.74 Å². The summed E-state index contributed by atoms with van der Waals surface area (Å²) >= 11 is 0. The first-order chi connectivity index (χ1) is 6.45. The van der Waals surface area contributed by atoms with Gasteiger partial charge in [0, 0.05) is 6.20 Å². The van der Waals surface area contributed by atoms with Gasteiger partial charge in [-0.2, -0.15) is 0 Å². The van der Waals surface area contributed by atoms with Crippen molar-refractivity contribution in [2.24, 2.45) is 10.2 Å². The van der Waals surface area contributed by atoms with Gasteiger partial charge in [0.15, 0.2) is 0 Å². The SMILES string of the molecule is [c]1[nH]ccc1N=NC1C=CC=CO1. The highest BCUT2D eigenvalue weighted by Crippen LogP contribution is 2.11. The van der Waals surface area contributed by atoms with E-state index >= 15 is 0 Å². The standard InChI is InChI=1S/C9H8N3O/c1-2-6-13-9(3-1)12-11-8-4-5-10-7-8/h1-6,9-10H. The maximum absolute atomic E-state index is 5.12. The van der Waals surface area contributed by atoms with Gasteiger partial charge >= 0.3 is 0 Å². The summed E-state index contributed by atoms with van der Waals surface area (Å²) in [6.07, 6.45) is 11.3. The van der Waals surface area contributed by atoms with Crippen molar-refractivity contribution in [1.82, 2.24) is 4.98 Å². The van der Waals surface area contributed by atoms with Crippen LogP contribution in [0.25, 0.3) is 0 Å². The van der Waals surface area contributed by atoms with Crippen LogP contribution in [0.15, 0.2) is 47.0 Å². The van der Waals surface area contributed by atoms with Crippen molar-refractivity contribution in [1.29, 1.82) is 0 Å². The number of azo groups is 1. The first-order valence-corrected chi connectivity index (χ1v) is 3.90. The van der Waals surface area contributed by atoms with Crippen molar-refractivity contribution in [2.45, 2.75) is 6.23 Å². The Hall–Kier alpha value is -1.84. The molecule has 1 atom stereocenters. The summed E-state index contributed by atoms with van der Waals surface area (Å²) < 4.78 is 5.12. The van der Waals surface area contributed by atoms with E-state index in [9.17, 15) is 0 Å². The Bertz CT molecular complexity index is 338. The molecule has 0 spiro atoms. The Morgan fingerprint density at radius 2 is 2.46 bits per heavy atom. The lowest BCUT2D eigenvalue weighted by molar-refractivity contribution is 0.185. The highest BCUT2D eigenvalue weighted by Gasteiger charge is 2.01. The Morgan fingerprint density at radius 3 is 3.15 bits per heavy atom. The molecule has 0 amide bonds. The van der Waals surface area contributed by atoms with Crippen LogP contribution in [0.2, 0.25) is 0 Å². The second-order valence-electron chi connectivity index (χ2n) is 2.44. The third-order valence-electron chi connectivity index (χ3n) is 1.49. The van der Waals surface area contributed by atoms with Crippen molar-refractivity contribution in [3.63, 3.8) is 0 Å². The van der Waals surface area contributed by atoms with Crippen LogP contribution in [0.3, 0.4) is 0 Å². The Balaban J connectivity index is 1.98. The van der Waals surface area contributed by atoms with Gasteiger partial charge in [-0.15, -0.1) is 10.2 Å². The van der Waals surface area contributed by atoms with Gasteiger partial charge in [0.2, 0.25) is 6.23 Å². The molecule has 1 aromatic rings. The van der Waals surface area contributed by atoms with Gasteiger partial charge in [-0.05, 0) is 18.2 Å². The van der Waals surface area contributed by atoms with Crippen molar-refractivity contribution >= 4 is 5.69 Å². The third kappa shape index (κ3) is 2.05. The molecule has 65 valence electrons. The Kier molecular flexibility index (Phi) is 2.22. The summed E-state index contributed by atoms with van der Waals surface area (Å²) in [5.74, 6) is 0. The number of nitrogens with one attached hydrogen (secondary N) is 1. The second-order valence-corrected chi connectivity index (χ2v) is 2.44. The molecule has 1 aromatic heterocycles. The van der Waals surface area contributed by atoms with Crippen molar-refractivity contribution in [3.05, 3.63) is 43.0 Å². The number of ether oxygens (including phenoxy) is 1. The van der Waals surface area contributed by atoms with Gasteiger partial charge in [0.05, 0.1) is 12.5 Å². The molecule has 1 N–H and O–H groups in total. The number of rotatable bonds is 2. The topological polar surface area (TPSA) is 49.7 Å². The van der Waals surface area contributed by atoms with Crippen LogP contribution >= 0.6 is 0 Å². The minimum Gasteiger partial charge on any atom is -0.471 e. The molecule has 1 aliphatic heterocycles. The number of nitrogens with zero attached hydrogens (tertiary/aromatic N) is 2. The molecule has 13 heavy (non-hydrogen) atoms. The van der Waals surface area contributed by atoms with E-state index in [0.717, 1.165) is 0 Å². The molecule has 0 fully saturated rings. The average Bonchev–Trinajstić information content (AvgIpc) is 2.69. The fraction of sp³-hybridized carbons (Fsp3) is 0.111. The molecule has 0 saturated heterocycles. The summed E-state index contributed by atoms with van der Waals surface area (Å²) in [6, 6.07) is 1.78. The predicted octanol–water partition coefficient (Wildman–Crippen LogP) is 2.32. The van der Waals surface area contributed by atoms with Crippen LogP contribution in [0.4, 0.5) is 5.69 Å². The van der Waals surface area contributed by atoms with Crippen LogP contribution in [-0.2, 0) is 4.74 Å². The van der Waals surface area contributed by atoms with Gasteiger partial charge < -0.3 is 9.72 Å². The van der Waals surface area contributed by atoms with Gasteiger partial charge in [-0.3, -0.25) is 0 Å². The van der Waals surface area contributed by atoms with Crippen LogP contribution in [0, 0.1) is 6.20 Å². The Morgan fingerprint density at radius 1 is 1.46 bits per heavy atom. The van der Waals surface area contributed by atoms with E-state index in [1.165, 1.54) is 0 Å². The predicted molar refractivity (Wildman–Crippen MR) is 47.3 cm³/mol. The fourth-order valence-corrected chi connectivity index (χ4v) is 0.897. The number of hydrogen-bond acceptors (Lipinski definition) is 3. The summed E-state index contributed by atoms with van der Waals surface area (Å²) in [7, 11) is 0. The van der Waals surface area contributed by atoms with E-state index in [0.29, 0.717) is 5.69 Å². The highest BCUT2D eigenvalue weighted by atomic mass is 16.5. The average molecular weight is 174 g/mol. The minimum atomic E-state index is -0.312. The summed E-state index contributed by atoms with van der Waals surface area (Å²) in [5.41, 5.74) is 0.673. The van der Waals surface area contributed by atoms with Gasteiger partial charge in [0.25, 0.3) is 0 Å². The number of H-pyrrole nitrogens is 1. The molecule has 2 heterocycles. The van der Waals surface area contributed by atoms with Crippen LogP contribution in [0.5, 0.6) is 0 Å². The molecular formula is C9H8N3O. The van der Waals surface area contributed by atoms with Gasteiger partial charge in [-0.1, -0.05) is 6.08 Å². The van der Waals surface area contributed by atoms with Gasteiger partial charge in [-0.25, -0.2) is 0 Å². The summed E-state index contributed by atoms with van der Waals surface area (Å²) in [4.78, 5) is 2.77. The molecule has 0 saturated carbocycles. The monoisotopic (exact) mass is 174 g/mol. The van der Waals surface area contributed by atoms with E-state index in [2.05, 4.69) is 21.4 Å². The van der Waals surface area contributed by atoms with E-state index < -0.39 is 0 Å². The molecule has 2 rings (SSSR count).